The molecule has 0 aliphatic carbocycles. The van der Waals surface area contributed by atoms with Gasteiger partial charge in [0.05, 0.1) is 16.9 Å². The van der Waals surface area contributed by atoms with Gasteiger partial charge in [-0.05, 0) is 24.5 Å². The second-order valence-electron chi connectivity index (χ2n) is 5.02. The Morgan fingerprint density at radius 3 is 2.89 bits per heavy atom. The minimum atomic E-state index is 0.00343. The fourth-order valence-corrected chi connectivity index (χ4v) is 2.03. The third-order valence-corrected chi connectivity index (χ3v) is 3.06. The van der Waals surface area contributed by atoms with E-state index in [2.05, 4.69) is 29.8 Å². The van der Waals surface area contributed by atoms with Crippen LogP contribution in [0, 0.1) is 5.92 Å². The number of benzene rings is 1. The fraction of sp³-hybridized carbons (Fsp3) is 0.500. The normalized spacial score (nSPS) is 13.5. The standard InChI is InChI=1S/C14H21N3O/c1-10(2)6-7-17-14(18)11-4-3-5-12-13(11)16-9-8-15-12/h3-5,10,15-16H,6-9H2,1-2H3,(H,17,18). The summed E-state index contributed by atoms with van der Waals surface area (Å²) in [5, 5.41) is 9.55. The second kappa shape index (κ2) is 5.76. The number of fused-ring (bicyclic) bond motifs is 1. The van der Waals surface area contributed by atoms with E-state index in [-0.39, 0.29) is 5.91 Å². The first kappa shape index (κ1) is 12.7. The molecule has 0 unspecified atom stereocenters. The lowest BCUT2D eigenvalue weighted by molar-refractivity contribution is 0.0953. The largest absolute Gasteiger partial charge is 0.382 e. The van der Waals surface area contributed by atoms with Crippen LogP contribution in [0.4, 0.5) is 11.4 Å². The van der Waals surface area contributed by atoms with E-state index in [0.29, 0.717) is 5.92 Å². The van der Waals surface area contributed by atoms with Crippen molar-refractivity contribution in [2.24, 2.45) is 5.92 Å². The van der Waals surface area contributed by atoms with Gasteiger partial charge >= 0.3 is 0 Å². The van der Waals surface area contributed by atoms with Crippen molar-refractivity contribution < 1.29 is 4.79 Å². The first-order valence-electron chi connectivity index (χ1n) is 6.57. The van der Waals surface area contributed by atoms with E-state index < -0.39 is 0 Å². The summed E-state index contributed by atoms with van der Waals surface area (Å²) >= 11 is 0. The number of anilines is 2. The van der Waals surface area contributed by atoms with Crippen molar-refractivity contribution in [1.29, 1.82) is 0 Å². The molecule has 4 heteroatoms. The number of carbonyl (C=O) groups is 1. The van der Waals surface area contributed by atoms with E-state index in [1.54, 1.807) is 0 Å². The van der Waals surface area contributed by atoms with Gasteiger partial charge in [0, 0.05) is 19.6 Å². The van der Waals surface area contributed by atoms with Crippen LogP contribution in [0.1, 0.15) is 30.6 Å². The molecule has 1 aromatic rings. The Morgan fingerprint density at radius 1 is 1.33 bits per heavy atom. The van der Waals surface area contributed by atoms with Gasteiger partial charge in [0.25, 0.3) is 5.91 Å². The molecule has 0 saturated heterocycles. The molecule has 0 saturated carbocycles. The maximum absolute atomic E-state index is 12.1. The first-order valence-corrected chi connectivity index (χ1v) is 6.57. The summed E-state index contributed by atoms with van der Waals surface area (Å²) in [6, 6.07) is 5.77. The summed E-state index contributed by atoms with van der Waals surface area (Å²) in [5.74, 6) is 0.610. The molecule has 1 aromatic carbocycles. The Labute approximate surface area is 108 Å². The number of para-hydroxylation sites is 1. The van der Waals surface area contributed by atoms with Gasteiger partial charge < -0.3 is 16.0 Å². The van der Waals surface area contributed by atoms with Crippen LogP contribution in [-0.4, -0.2) is 25.5 Å². The summed E-state index contributed by atoms with van der Waals surface area (Å²) in [5.41, 5.74) is 2.66. The van der Waals surface area contributed by atoms with E-state index in [1.807, 2.05) is 18.2 Å². The van der Waals surface area contributed by atoms with Gasteiger partial charge in [0.1, 0.15) is 0 Å². The summed E-state index contributed by atoms with van der Waals surface area (Å²) < 4.78 is 0. The number of carbonyl (C=O) groups excluding carboxylic acids is 1. The molecule has 0 atom stereocenters. The Morgan fingerprint density at radius 2 is 2.11 bits per heavy atom. The quantitative estimate of drug-likeness (QED) is 0.765. The van der Waals surface area contributed by atoms with Crippen LogP contribution in [0.5, 0.6) is 0 Å². The Balaban J connectivity index is 2.06. The topological polar surface area (TPSA) is 53.2 Å². The lowest BCUT2D eigenvalue weighted by atomic mass is 10.1. The lowest BCUT2D eigenvalue weighted by Gasteiger charge is -2.22. The number of hydrogen-bond acceptors (Lipinski definition) is 3. The van der Waals surface area contributed by atoms with Gasteiger partial charge in [-0.2, -0.15) is 0 Å². The fourth-order valence-electron chi connectivity index (χ4n) is 2.03. The highest BCUT2D eigenvalue weighted by Crippen LogP contribution is 2.28. The van der Waals surface area contributed by atoms with Crippen molar-refractivity contribution in [3.63, 3.8) is 0 Å². The monoisotopic (exact) mass is 247 g/mol. The number of hydrogen-bond donors (Lipinski definition) is 3. The summed E-state index contributed by atoms with van der Waals surface area (Å²) in [7, 11) is 0. The van der Waals surface area contributed by atoms with Crippen LogP contribution in [0.2, 0.25) is 0 Å². The van der Waals surface area contributed by atoms with E-state index >= 15 is 0 Å². The van der Waals surface area contributed by atoms with E-state index in [1.165, 1.54) is 0 Å². The van der Waals surface area contributed by atoms with Gasteiger partial charge in [-0.15, -0.1) is 0 Å². The van der Waals surface area contributed by atoms with Gasteiger partial charge in [-0.1, -0.05) is 19.9 Å². The van der Waals surface area contributed by atoms with E-state index in [9.17, 15) is 4.79 Å². The van der Waals surface area contributed by atoms with Gasteiger partial charge in [-0.3, -0.25) is 4.79 Å². The highest BCUT2D eigenvalue weighted by molar-refractivity contribution is 6.02. The van der Waals surface area contributed by atoms with Crippen LogP contribution in [0.3, 0.4) is 0 Å². The van der Waals surface area contributed by atoms with Crippen molar-refractivity contribution in [2.45, 2.75) is 20.3 Å². The number of rotatable bonds is 4. The summed E-state index contributed by atoms with van der Waals surface area (Å²) in [4.78, 5) is 12.1. The number of amides is 1. The Kier molecular flexibility index (Phi) is 4.07. The first-order chi connectivity index (χ1) is 8.68. The zero-order chi connectivity index (χ0) is 13.0. The lowest BCUT2D eigenvalue weighted by Crippen LogP contribution is -2.28. The van der Waals surface area contributed by atoms with Gasteiger partial charge in [-0.25, -0.2) is 0 Å². The van der Waals surface area contributed by atoms with Crippen LogP contribution in [0.15, 0.2) is 18.2 Å². The minimum absolute atomic E-state index is 0.00343. The van der Waals surface area contributed by atoms with Crippen molar-refractivity contribution in [3.8, 4) is 0 Å². The average Bonchev–Trinajstić information content (AvgIpc) is 2.37. The molecule has 0 fully saturated rings. The Hall–Kier alpha value is -1.71. The molecule has 18 heavy (non-hydrogen) atoms. The van der Waals surface area contributed by atoms with Crippen molar-refractivity contribution in [2.75, 3.05) is 30.3 Å². The molecule has 0 aromatic heterocycles. The molecular weight excluding hydrogens is 226 g/mol. The predicted octanol–water partition coefficient (Wildman–Crippen LogP) is 2.30. The molecule has 98 valence electrons. The molecule has 0 spiro atoms. The van der Waals surface area contributed by atoms with Gasteiger partial charge in [0.2, 0.25) is 0 Å². The van der Waals surface area contributed by atoms with Crippen LogP contribution in [-0.2, 0) is 0 Å². The van der Waals surface area contributed by atoms with Crippen LogP contribution < -0.4 is 16.0 Å². The van der Waals surface area contributed by atoms with E-state index in [4.69, 9.17) is 0 Å². The molecule has 2 rings (SSSR count). The molecule has 0 radical (unpaired) electrons. The zero-order valence-corrected chi connectivity index (χ0v) is 11.0. The maximum atomic E-state index is 12.1. The van der Waals surface area contributed by atoms with Gasteiger partial charge in [0.15, 0.2) is 0 Å². The third-order valence-electron chi connectivity index (χ3n) is 3.06. The molecule has 1 heterocycles. The molecule has 4 nitrogen and oxygen atoms in total. The predicted molar refractivity (Wildman–Crippen MR) is 75.2 cm³/mol. The summed E-state index contributed by atoms with van der Waals surface area (Å²) in [6.45, 7) is 6.78. The van der Waals surface area contributed by atoms with E-state index in [0.717, 1.165) is 43.0 Å². The molecule has 1 amide bonds. The highest BCUT2D eigenvalue weighted by atomic mass is 16.1. The number of nitrogens with one attached hydrogen (secondary N) is 3. The molecular formula is C14H21N3O. The second-order valence-corrected chi connectivity index (χ2v) is 5.02. The SMILES string of the molecule is CC(C)CCNC(=O)c1cccc2c1NCCN2. The minimum Gasteiger partial charge on any atom is -0.382 e. The summed E-state index contributed by atoms with van der Waals surface area (Å²) in [6.07, 6.45) is 1.01. The maximum Gasteiger partial charge on any atom is 0.253 e. The molecule has 0 bridgehead atoms. The zero-order valence-electron chi connectivity index (χ0n) is 11.0. The van der Waals surface area contributed by atoms with Crippen LogP contribution in [0.25, 0.3) is 0 Å². The molecule has 1 aliphatic rings. The average molecular weight is 247 g/mol. The van der Waals surface area contributed by atoms with Crippen molar-refractivity contribution in [1.82, 2.24) is 5.32 Å². The molecule has 3 N–H and O–H groups in total. The Bertz CT molecular complexity index is 429. The third kappa shape index (κ3) is 2.94. The van der Waals surface area contributed by atoms with Crippen molar-refractivity contribution >= 4 is 17.3 Å². The molecule has 1 aliphatic heterocycles. The highest BCUT2D eigenvalue weighted by Gasteiger charge is 2.16. The van der Waals surface area contributed by atoms with Crippen LogP contribution >= 0.6 is 0 Å². The van der Waals surface area contributed by atoms with Crippen molar-refractivity contribution in [3.05, 3.63) is 23.8 Å². The smallest absolute Gasteiger partial charge is 0.253 e.